The smallest absolute Gasteiger partial charge is 0.329 e. The van der Waals surface area contributed by atoms with E-state index >= 15 is 0 Å². The highest BCUT2D eigenvalue weighted by Gasteiger charge is 2.33. The third kappa shape index (κ3) is 4.66. The first-order chi connectivity index (χ1) is 10.2. The fraction of sp³-hybridized carbons (Fsp3) is 0.562. The number of aryl methyl sites for hydroxylation is 2. The van der Waals surface area contributed by atoms with Gasteiger partial charge in [-0.1, -0.05) is 13.3 Å². The van der Waals surface area contributed by atoms with E-state index in [4.69, 9.17) is 0 Å². The predicted molar refractivity (Wildman–Crippen MR) is 86.4 cm³/mol. The van der Waals surface area contributed by atoms with Crippen molar-refractivity contribution in [2.45, 2.75) is 58.9 Å². The van der Waals surface area contributed by atoms with Crippen LogP contribution in [0.2, 0.25) is 0 Å². The largest absolute Gasteiger partial charge is 0.480 e. The fourth-order valence-electron chi connectivity index (χ4n) is 2.36. The van der Waals surface area contributed by atoms with E-state index in [1.807, 2.05) is 26.8 Å². The SMILES string of the molecule is CCCC(C)(NC(=O)CCC(=O)c1cc(C)sc1C)C(=O)O. The number of carbonyl (C=O) groups is 3. The maximum absolute atomic E-state index is 12.1. The van der Waals surface area contributed by atoms with Crippen molar-refractivity contribution in [3.8, 4) is 0 Å². The third-order valence-corrected chi connectivity index (χ3v) is 4.52. The number of ketones is 1. The maximum atomic E-state index is 12.1. The molecule has 2 N–H and O–H groups in total. The topological polar surface area (TPSA) is 83.5 Å². The number of hydrogen-bond donors (Lipinski definition) is 2. The quantitative estimate of drug-likeness (QED) is 0.719. The lowest BCUT2D eigenvalue weighted by atomic mass is 9.96. The molecule has 1 unspecified atom stereocenters. The molecule has 0 aliphatic carbocycles. The normalized spacial score (nSPS) is 13.5. The number of hydrogen-bond acceptors (Lipinski definition) is 4. The summed E-state index contributed by atoms with van der Waals surface area (Å²) >= 11 is 1.55. The van der Waals surface area contributed by atoms with Gasteiger partial charge in [-0.2, -0.15) is 0 Å². The van der Waals surface area contributed by atoms with Crippen LogP contribution in [0.3, 0.4) is 0 Å². The lowest BCUT2D eigenvalue weighted by Crippen LogP contribution is -2.52. The summed E-state index contributed by atoms with van der Waals surface area (Å²) in [6.07, 6.45) is 1.09. The first kappa shape index (κ1) is 18.4. The Morgan fingerprint density at radius 3 is 2.36 bits per heavy atom. The van der Waals surface area contributed by atoms with E-state index in [0.717, 1.165) is 9.75 Å². The molecule has 1 amide bonds. The average molecular weight is 325 g/mol. The number of aliphatic carboxylic acids is 1. The summed E-state index contributed by atoms with van der Waals surface area (Å²) in [6.45, 7) is 7.17. The van der Waals surface area contributed by atoms with Gasteiger partial charge in [0.1, 0.15) is 5.54 Å². The zero-order chi connectivity index (χ0) is 16.9. The van der Waals surface area contributed by atoms with Gasteiger partial charge in [0, 0.05) is 28.2 Å². The van der Waals surface area contributed by atoms with Crippen LogP contribution < -0.4 is 5.32 Å². The van der Waals surface area contributed by atoms with E-state index in [1.165, 1.54) is 6.92 Å². The summed E-state index contributed by atoms with van der Waals surface area (Å²) in [7, 11) is 0. The van der Waals surface area contributed by atoms with Gasteiger partial charge in [-0.05, 0) is 33.3 Å². The first-order valence-electron chi connectivity index (χ1n) is 7.34. The van der Waals surface area contributed by atoms with Crippen LogP contribution in [0.15, 0.2) is 6.07 Å². The van der Waals surface area contributed by atoms with Crippen molar-refractivity contribution < 1.29 is 19.5 Å². The second-order valence-electron chi connectivity index (χ2n) is 5.69. The zero-order valence-electron chi connectivity index (χ0n) is 13.5. The van der Waals surface area contributed by atoms with Crippen LogP contribution in [0.4, 0.5) is 0 Å². The van der Waals surface area contributed by atoms with Gasteiger partial charge >= 0.3 is 5.97 Å². The molecule has 0 spiro atoms. The van der Waals surface area contributed by atoms with Crippen LogP contribution in [-0.4, -0.2) is 28.3 Å². The molecule has 1 rings (SSSR count). The van der Waals surface area contributed by atoms with Gasteiger partial charge in [0.15, 0.2) is 5.78 Å². The Morgan fingerprint density at radius 2 is 1.91 bits per heavy atom. The van der Waals surface area contributed by atoms with Gasteiger partial charge in [0.2, 0.25) is 5.91 Å². The van der Waals surface area contributed by atoms with Gasteiger partial charge in [-0.15, -0.1) is 11.3 Å². The van der Waals surface area contributed by atoms with E-state index < -0.39 is 17.4 Å². The van der Waals surface area contributed by atoms with Crippen LogP contribution in [-0.2, 0) is 9.59 Å². The number of nitrogens with one attached hydrogen (secondary N) is 1. The van der Waals surface area contributed by atoms with Crippen molar-refractivity contribution in [2.24, 2.45) is 0 Å². The summed E-state index contributed by atoms with van der Waals surface area (Å²) in [5, 5.41) is 11.8. The lowest BCUT2D eigenvalue weighted by molar-refractivity contribution is -0.147. The molecule has 1 aromatic heterocycles. The van der Waals surface area contributed by atoms with Crippen molar-refractivity contribution in [1.82, 2.24) is 5.32 Å². The Kier molecular flexibility index (Phi) is 6.29. The first-order valence-corrected chi connectivity index (χ1v) is 8.16. The average Bonchev–Trinajstić information content (AvgIpc) is 2.75. The Balaban J connectivity index is 2.61. The highest BCUT2D eigenvalue weighted by Crippen LogP contribution is 2.22. The molecule has 0 aromatic carbocycles. The molecule has 0 fully saturated rings. The van der Waals surface area contributed by atoms with Crippen molar-refractivity contribution in [3.05, 3.63) is 21.4 Å². The summed E-state index contributed by atoms with van der Waals surface area (Å²) in [6, 6.07) is 1.83. The molecule has 22 heavy (non-hydrogen) atoms. The van der Waals surface area contributed by atoms with E-state index in [-0.39, 0.29) is 18.6 Å². The van der Waals surface area contributed by atoms with E-state index in [0.29, 0.717) is 18.4 Å². The Labute approximate surface area is 134 Å². The molecule has 1 aromatic rings. The molecule has 1 atom stereocenters. The zero-order valence-corrected chi connectivity index (χ0v) is 14.3. The maximum Gasteiger partial charge on any atom is 0.329 e. The number of Topliss-reactive ketones (excluding diaryl/α,β-unsaturated/α-hetero) is 1. The van der Waals surface area contributed by atoms with Gasteiger partial charge in [0.05, 0.1) is 0 Å². The molecule has 0 saturated heterocycles. The summed E-state index contributed by atoms with van der Waals surface area (Å²) < 4.78 is 0. The number of carbonyl (C=O) groups excluding carboxylic acids is 2. The molecular weight excluding hydrogens is 302 g/mol. The summed E-state index contributed by atoms with van der Waals surface area (Å²) in [5.74, 6) is -1.54. The molecular formula is C16H23NO4S. The highest BCUT2D eigenvalue weighted by molar-refractivity contribution is 7.12. The van der Waals surface area contributed by atoms with Crippen molar-refractivity contribution in [3.63, 3.8) is 0 Å². The van der Waals surface area contributed by atoms with Gasteiger partial charge in [0.25, 0.3) is 0 Å². The van der Waals surface area contributed by atoms with E-state index in [2.05, 4.69) is 5.32 Å². The standard InChI is InChI=1S/C16H23NO4S/c1-5-8-16(4,15(20)21)17-14(19)7-6-13(18)12-9-10(2)22-11(12)3/h9H,5-8H2,1-4H3,(H,17,19)(H,20,21). The molecule has 0 aliphatic rings. The number of thiophene rings is 1. The Bertz CT molecular complexity index is 579. The van der Waals surface area contributed by atoms with Crippen molar-refractivity contribution in [2.75, 3.05) is 0 Å². The monoisotopic (exact) mass is 325 g/mol. The van der Waals surface area contributed by atoms with Gasteiger partial charge in [-0.25, -0.2) is 4.79 Å². The second kappa shape index (κ2) is 7.54. The van der Waals surface area contributed by atoms with Crippen LogP contribution >= 0.6 is 11.3 Å². The van der Waals surface area contributed by atoms with Crippen molar-refractivity contribution >= 4 is 29.0 Å². The second-order valence-corrected chi connectivity index (χ2v) is 7.15. The third-order valence-electron chi connectivity index (χ3n) is 3.56. The summed E-state index contributed by atoms with van der Waals surface area (Å²) in [5.41, 5.74) is -0.617. The minimum Gasteiger partial charge on any atom is -0.480 e. The molecule has 0 saturated carbocycles. The highest BCUT2D eigenvalue weighted by atomic mass is 32.1. The van der Waals surface area contributed by atoms with Crippen LogP contribution in [0, 0.1) is 13.8 Å². The minimum absolute atomic E-state index is 0.000246. The van der Waals surface area contributed by atoms with E-state index in [1.54, 1.807) is 11.3 Å². The molecule has 0 aliphatic heterocycles. The Hall–Kier alpha value is -1.69. The number of carboxylic acids is 1. The minimum atomic E-state index is -1.27. The van der Waals surface area contributed by atoms with E-state index in [9.17, 15) is 19.5 Å². The van der Waals surface area contributed by atoms with Crippen LogP contribution in [0.1, 0.15) is 59.6 Å². The molecule has 6 heteroatoms. The van der Waals surface area contributed by atoms with Crippen molar-refractivity contribution in [1.29, 1.82) is 0 Å². The molecule has 1 heterocycles. The van der Waals surface area contributed by atoms with Gasteiger partial charge < -0.3 is 10.4 Å². The summed E-state index contributed by atoms with van der Waals surface area (Å²) in [4.78, 5) is 37.3. The number of carboxylic acid groups (broad SMARTS) is 1. The molecule has 0 bridgehead atoms. The molecule has 5 nitrogen and oxygen atoms in total. The van der Waals surface area contributed by atoms with Crippen LogP contribution in [0.5, 0.6) is 0 Å². The number of rotatable bonds is 8. The fourth-order valence-corrected chi connectivity index (χ4v) is 3.30. The molecule has 122 valence electrons. The predicted octanol–water partition coefficient (Wildman–Crippen LogP) is 3.09. The Morgan fingerprint density at radius 1 is 1.27 bits per heavy atom. The number of amides is 1. The van der Waals surface area contributed by atoms with Gasteiger partial charge in [-0.3, -0.25) is 9.59 Å². The van der Waals surface area contributed by atoms with Crippen LogP contribution in [0.25, 0.3) is 0 Å². The molecule has 0 radical (unpaired) electrons. The lowest BCUT2D eigenvalue weighted by Gasteiger charge is -2.25.